The zero-order chi connectivity index (χ0) is 13.2. The lowest BCUT2D eigenvalue weighted by atomic mass is 9.98. The van der Waals surface area contributed by atoms with Gasteiger partial charge in [-0.05, 0) is 50.9 Å². The number of nitrogens with zero attached hydrogens (tertiary/aromatic N) is 1. The maximum Gasteiger partial charge on any atom is 0.0419 e. The van der Waals surface area contributed by atoms with Gasteiger partial charge in [-0.1, -0.05) is 18.2 Å². The fraction of sp³-hybridized carbons (Fsp3) is 0.625. The van der Waals surface area contributed by atoms with Crippen LogP contribution in [-0.4, -0.2) is 37.1 Å². The largest absolute Gasteiger partial charge is 0.384 e. The van der Waals surface area contributed by atoms with Crippen molar-refractivity contribution >= 4 is 5.69 Å². The molecule has 0 saturated carbocycles. The van der Waals surface area contributed by atoms with Crippen molar-refractivity contribution in [3.63, 3.8) is 0 Å². The number of para-hydroxylation sites is 1. The van der Waals surface area contributed by atoms with E-state index in [4.69, 9.17) is 0 Å². The molecule has 0 bridgehead atoms. The van der Waals surface area contributed by atoms with Crippen LogP contribution in [0.3, 0.4) is 0 Å². The van der Waals surface area contributed by atoms with Gasteiger partial charge in [0.15, 0.2) is 0 Å². The van der Waals surface area contributed by atoms with Crippen molar-refractivity contribution < 1.29 is 0 Å². The van der Waals surface area contributed by atoms with Gasteiger partial charge in [0.1, 0.15) is 0 Å². The molecule has 1 aromatic rings. The van der Waals surface area contributed by atoms with Gasteiger partial charge in [-0.3, -0.25) is 0 Å². The average molecular weight is 259 g/mol. The van der Waals surface area contributed by atoms with Crippen LogP contribution in [0.25, 0.3) is 0 Å². The van der Waals surface area contributed by atoms with E-state index in [1.165, 1.54) is 42.6 Å². The van der Waals surface area contributed by atoms with Crippen LogP contribution in [0.2, 0.25) is 0 Å². The number of likely N-dealkylation sites (tertiary alicyclic amines) is 1. The van der Waals surface area contributed by atoms with Crippen LogP contribution in [0.5, 0.6) is 0 Å². The molecule has 2 aliphatic rings. The standard InChI is InChI=1S/C16H25N3/c1-12-10-15(7-9-19(12)2)18-11-14-5-3-4-13-6-8-17-16(13)14/h3-5,12,15,17-18H,6-11H2,1-2H3. The van der Waals surface area contributed by atoms with E-state index in [0.29, 0.717) is 12.1 Å². The van der Waals surface area contributed by atoms with Gasteiger partial charge in [-0.2, -0.15) is 0 Å². The highest BCUT2D eigenvalue weighted by molar-refractivity contribution is 5.61. The first-order valence-electron chi connectivity index (χ1n) is 7.52. The number of hydrogen-bond acceptors (Lipinski definition) is 3. The minimum atomic E-state index is 0.670. The Morgan fingerprint density at radius 3 is 3.16 bits per heavy atom. The van der Waals surface area contributed by atoms with Crippen LogP contribution in [0.15, 0.2) is 18.2 Å². The molecule has 0 aromatic heterocycles. The second-order valence-electron chi connectivity index (χ2n) is 6.06. The van der Waals surface area contributed by atoms with E-state index in [2.05, 4.69) is 47.7 Å². The first-order valence-corrected chi connectivity index (χ1v) is 7.52. The van der Waals surface area contributed by atoms with Crippen molar-refractivity contribution in [3.8, 4) is 0 Å². The molecule has 3 nitrogen and oxygen atoms in total. The molecule has 2 unspecified atom stereocenters. The van der Waals surface area contributed by atoms with Gasteiger partial charge in [0, 0.05) is 30.9 Å². The van der Waals surface area contributed by atoms with Gasteiger partial charge in [0.05, 0.1) is 0 Å². The van der Waals surface area contributed by atoms with Crippen LogP contribution in [0, 0.1) is 0 Å². The van der Waals surface area contributed by atoms with Crippen LogP contribution in [0.4, 0.5) is 5.69 Å². The normalized spacial score (nSPS) is 27.1. The molecular formula is C16H25N3. The van der Waals surface area contributed by atoms with E-state index in [1.807, 2.05) is 0 Å². The Labute approximate surface area is 116 Å². The molecular weight excluding hydrogens is 234 g/mol. The molecule has 1 aromatic carbocycles. The van der Waals surface area contributed by atoms with Crippen LogP contribution >= 0.6 is 0 Å². The maximum atomic E-state index is 3.75. The first-order chi connectivity index (χ1) is 9.24. The van der Waals surface area contributed by atoms with Crippen LogP contribution in [-0.2, 0) is 13.0 Å². The zero-order valence-corrected chi connectivity index (χ0v) is 12.1. The number of rotatable bonds is 3. The Kier molecular flexibility index (Phi) is 3.76. The lowest BCUT2D eigenvalue weighted by molar-refractivity contribution is 0.168. The third kappa shape index (κ3) is 2.77. The molecule has 2 aliphatic heterocycles. The summed E-state index contributed by atoms with van der Waals surface area (Å²) in [6, 6.07) is 8.06. The van der Waals surface area contributed by atoms with Crippen molar-refractivity contribution in [2.75, 3.05) is 25.5 Å². The first kappa shape index (κ1) is 12.9. The molecule has 19 heavy (non-hydrogen) atoms. The zero-order valence-electron chi connectivity index (χ0n) is 12.1. The van der Waals surface area contributed by atoms with E-state index in [0.717, 1.165) is 13.1 Å². The molecule has 104 valence electrons. The van der Waals surface area contributed by atoms with Crippen molar-refractivity contribution in [2.45, 2.75) is 44.8 Å². The number of fused-ring (bicyclic) bond motifs is 1. The predicted molar refractivity (Wildman–Crippen MR) is 80.6 cm³/mol. The second kappa shape index (κ2) is 5.51. The molecule has 0 radical (unpaired) electrons. The molecule has 1 fully saturated rings. The summed E-state index contributed by atoms with van der Waals surface area (Å²) in [6.45, 7) is 5.63. The molecule has 0 aliphatic carbocycles. The van der Waals surface area contributed by atoms with E-state index in [9.17, 15) is 0 Å². The second-order valence-corrected chi connectivity index (χ2v) is 6.06. The summed E-state index contributed by atoms with van der Waals surface area (Å²) in [6.07, 6.45) is 3.71. The molecule has 0 amide bonds. The minimum absolute atomic E-state index is 0.670. The number of hydrogen-bond donors (Lipinski definition) is 2. The SMILES string of the molecule is CC1CC(NCc2cccc3c2NCC3)CCN1C. The lowest BCUT2D eigenvalue weighted by Gasteiger charge is -2.35. The molecule has 3 heteroatoms. The molecule has 3 rings (SSSR count). The van der Waals surface area contributed by atoms with Gasteiger partial charge < -0.3 is 15.5 Å². The maximum absolute atomic E-state index is 3.75. The fourth-order valence-corrected chi connectivity index (χ4v) is 3.29. The molecule has 1 saturated heterocycles. The summed E-state index contributed by atoms with van der Waals surface area (Å²) < 4.78 is 0. The van der Waals surface area contributed by atoms with E-state index >= 15 is 0 Å². The fourth-order valence-electron chi connectivity index (χ4n) is 3.29. The van der Waals surface area contributed by atoms with Gasteiger partial charge >= 0.3 is 0 Å². The molecule has 0 spiro atoms. The summed E-state index contributed by atoms with van der Waals surface area (Å²) in [7, 11) is 2.23. The average Bonchev–Trinajstić information content (AvgIpc) is 2.89. The van der Waals surface area contributed by atoms with Crippen LogP contribution < -0.4 is 10.6 Å². The Balaban J connectivity index is 1.60. The summed E-state index contributed by atoms with van der Waals surface area (Å²) in [5, 5.41) is 7.28. The monoisotopic (exact) mass is 259 g/mol. The highest BCUT2D eigenvalue weighted by Crippen LogP contribution is 2.26. The van der Waals surface area contributed by atoms with E-state index in [1.54, 1.807) is 0 Å². The molecule has 2 N–H and O–H groups in total. The van der Waals surface area contributed by atoms with Gasteiger partial charge in [-0.15, -0.1) is 0 Å². The van der Waals surface area contributed by atoms with Crippen molar-refractivity contribution in [2.24, 2.45) is 0 Å². The highest BCUT2D eigenvalue weighted by Gasteiger charge is 2.22. The number of benzene rings is 1. The van der Waals surface area contributed by atoms with Crippen molar-refractivity contribution in [1.29, 1.82) is 0 Å². The van der Waals surface area contributed by atoms with Crippen LogP contribution in [0.1, 0.15) is 30.9 Å². The summed E-state index contributed by atoms with van der Waals surface area (Å²) >= 11 is 0. The Bertz CT molecular complexity index is 444. The Morgan fingerprint density at radius 1 is 1.42 bits per heavy atom. The van der Waals surface area contributed by atoms with Gasteiger partial charge in [-0.25, -0.2) is 0 Å². The highest BCUT2D eigenvalue weighted by atomic mass is 15.1. The Morgan fingerprint density at radius 2 is 2.32 bits per heavy atom. The topological polar surface area (TPSA) is 27.3 Å². The third-order valence-electron chi connectivity index (χ3n) is 4.72. The lowest BCUT2D eigenvalue weighted by Crippen LogP contribution is -2.45. The summed E-state index contributed by atoms with van der Waals surface area (Å²) in [4.78, 5) is 2.46. The number of nitrogens with one attached hydrogen (secondary N) is 2. The number of anilines is 1. The smallest absolute Gasteiger partial charge is 0.0419 e. The van der Waals surface area contributed by atoms with E-state index < -0.39 is 0 Å². The molecule has 2 heterocycles. The van der Waals surface area contributed by atoms with E-state index in [-0.39, 0.29) is 0 Å². The summed E-state index contributed by atoms with van der Waals surface area (Å²) in [5.41, 5.74) is 4.30. The summed E-state index contributed by atoms with van der Waals surface area (Å²) in [5.74, 6) is 0. The molecule has 2 atom stereocenters. The number of piperidine rings is 1. The third-order valence-corrected chi connectivity index (χ3v) is 4.72. The Hall–Kier alpha value is -1.06. The predicted octanol–water partition coefficient (Wildman–Crippen LogP) is 2.23. The quantitative estimate of drug-likeness (QED) is 0.871. The van der Waals surface area contributed by atoms with Crippen molar-refractivity contribution in [1.82, 2.24) is 10.2 Å². The van der Waals surface area contributed by atoms with Gasteiger partial charge in [0.25, 0.3) is 0 Å². The minimum Gasteiger partial charge on any atom is -0.384 e. The van der Waals surface area contributed by atoms with Crippen molar-refractivity contribution in [3.05, 3.63) is 29.3 Å². The van der Waals surface area contributed by atoms with Gasteiger partial charge in [0.2, 0.25) is 0 Å².